The van der Waals surface area contributed by atoms with Crippen molar-refractivity contribution in [3.05, 3.63) is 58.0 Å². The van der Waals surface area contributed by atoms with Crippen molar-refractivity contribution in [1.82, 2.24) is 9.80 Å². The second-order valence-corrected chi connectivity index (χ2v) is 6.34. The zero-order valence-electron chi connectivity index (χ0n) is 12.5. The van der Waals surface area contributed by atoms with E-state index in [9.17, 15) is 14.4 Å². The van der Waals surface area contributed by atoms with Crippen LogP contribution in [0.4, 0.5) is 4.39 Å². The summed E-state index contributed by atoms with van der Waals surface area (Å²) in [5.41, 5.74) is 0.784. The maximum absolute atomic E-state index is 13.0. The van der Waals surface area contributed by atoms with Gasteiger partial charge in [-0.1, -0.05) is 18.2 Å². The minimum atomic E-state index is -0.408. The second kappa shape index (κ2) is 6.90. The molecule has 4 nitrogen and oxygen atoms in total. The number of piperazine rings is 1. The fraction of sp³-hybridized carbons (Fsp3) is 0.294. The first kappa shape index (κ1) is 15.7. The van der Waals surface area contributed by atoms with Gasteiger partial charge in [0.2, 0.25) is 0 Å². The van der Waals surface area contributed by atoms with Gasteiger partial charge in [0.05, 0.1) is 10.9 Å². The summed E-state index contributed by atoms with van der Waals surface area (Å²) in [6.45, 7) is 2.45. The molecule has 23 heavy (non-hydrogen) atoms. The normalized spacial score (nSPS) is 16.8. The van der Waals surface area contributed by atoms with Crippen LogP contribution < -0.4 is 0 Å². The van der Waals surface area contributed by atoms with Crippen LogP contribution in [0.2, 0.25) is 0 Å². The van der Waals surface area contributed by atoms with E-state index in [2.05, 4.69) is 6.07 Å². The van der Waals surface area contributed by atoms with Crippen LogP contribution in [0.15, 0.2) is 41.8 Å². The van der Waals surface area contributed by atoms with Crippen LogP contribution in [-0.2, 0) is 0 Å². The number of amides is 1. The second-order valence-electron chi connectivity index (χ2n) is 5.39. The molecule has 0 spiro atoms. The lowest BCUT2D eigenvalue weighted by atomic mass is 10.1. The molecule has 1 amide bonds. The number of hydrogen-bond acceptors (Lipinski definition) is 4. The Morgan fingerprint density at radius 2 is 1.87 bits per heavy atom. The van der Waals surface area contributed by atoms with Crippen LogP contribution in [0.25, 0.3) is 0 Å². The molecule has 1 aromatic carbocycles. The Hall–Kier alpha value is -2.23. The van der Waals surface area contributed by atoms with Gasteiger partial charge in [0.25, 0.3) is 5.91 Å². The number of nitriles is 1. The van der Waals surface area contributed by atoms with Crippen LogP contribution in [0.5, 0.6) is 0 Å². The minimum Gasteiger partial charge on any atom is -0.335 e. The molecule has 1 saturated heterocycles. The molecule has 1 aliphatic rings. The predicted octanol–water partition coefficient (Wildman–Crippen LogP) is 2.91. The van der Waals surface area contributed by atoms with E-state index in [0.29, 0.717) is 26.2 Å². The number of thiophene rings is 1. The largest absolute Gasteiger partial charge is 0.335 e. The standard InChI is InChI=1S/C17H16FN3OS/c18-14-5-3-13(4-6-14)15(12-19)20-7-9-21(10-8-20)17(22)16-2-1-11-23-16/h1-6,11,15H,7-10H2. The fourth-order valence-corrected chi connectivity index (χ4v) is 3.44. The number of carbonyl (C=O) groups excluding carboxylic acids is 1. The minimum absolute atomic E-state index is 0.0509. The number of rotatable bonds is 3. The molecule has 6 heteroatoms. The molecule has 0 bridgehead atoms. The molecular formula is C17H16FN3OS. The number of halogens is 1. The zero-order valence-corrected chi connectivity index (χ0v) is 13.3. The summed E-state index contributed by atoms with van der Waals surface area (Å²) >= 11 is 1.44. The Morgan fingerprint density at radius 3 is 2.43 bits per heavy atom. The topological polar surface area (TPSA) is 47.3 Å². The number of hydrogen-bond donors (Lipinski definition) is 0. The summed E-state index contributed by atoms with van der Waals surface area (Å²) in [6.07, 6.45) is 0. The Kier molecular flexibility index (Phi) is 4.70. The molecule has 2 heterocycles. The number of benzene rings is 1. The first-order valence-corrected chi connectivity index (χ1v) is 8.29. The van der Waals surface area contributed by atoms with Crippen LogP contribution in [0, 0.1) is 17.1 Å². The molecule has 2 aromatic rings. The fourth-order valence-electron chi connectivity index (χ4n) is 2.75. The van der Waals surface area contributed by atoms with Crippen LogP contribution >= 0.6 is 11.3 Å². The molecule has 0 N–H and O–H groups in total. The quantitative estimate of drug-likeness (QED) is 0.870. The Morgan fingerprint density at radius 1 is 1.17 bits per heavy atom. The molecule has 3 rings (SSSR count). The molecule has 0 saturated carbocycles. The molecule has 1 aliphatic heterocycles. The highest BCUT2D eigenvalue weighted by atomic mass is 32.1. The summed E-state index contributed by atoms with van der Waals surface area (Å²) in [7, 11) is 0. The van der Waals surface area contributed by atoms with E-state index in [0.717, 1.165) is 10.4 Å². The molecule has 118 valence electrons. The van der Waals surface area contributed by atoms with Crippen molar-refractivity contribution in [1.29, 1.82) is 5.26 Å². The van der Waals surface area contributed by atoms with Gasteiger partial charge >= 0.3 is 0 Å². The monoisotopic (exact) mass is 329 g/mol. The van der Waals surface area contributed by atoms with Crippen LogP contribution in [-0.4, -0.2) is 41.9 Å². The Balaban J connectivity index is 1.64. The summed E-state index contributed by atoms with van der Waals surface area (Å²) in [4.78, 5) is 16.9. The molecule has 1 fully saturated rings. The molecule has 1 unspecified atom stereocenters. The average molecular weight is 329 g/mol. The summed E-state index contributed by atoms with van der Waals surface area (Å²) in [6, 6.07) is 11.6. The van der Waals surface area contributed by atoms with Gasteiger partial charge in [-0.05, 0) is 29.1 Å². The first-order valence-electron chi connectivity index (χ1n) is 7.41. The summed E-state index contributed by atoms with van der Waals surface area (Å²) in [5.74, 6) is -0.258. The van der Waals surface area contributed by atoms with Gasteiger partial charge in [0.1, 0.15) is 11.9 Å². The number of carbonyl (C=O) groups is 1. The van der Waals surface area contributed by atoms with Gasteiger partial charge in [-0.15, -0.1) is 11.3 Å². The molecule has 0 radical (unpaired) electrons. The SMILES string of the molecule is N#CC(c1ccc(F)cc1)N1CCN(C(=O)c2cccs2)CC1. The zero-order chi connectivity index (χ0) is 16.2. The highest BCUT2D eigenvalue weighted by Gasteiger charge is 2.27. The summed E-state index contributed by atoms with van der Waals surface area (Å²) < 4.78 is 13.0. The van der Waals surface area contributed by atoms with Crippen molar-refractivity contribution in [2.45, 2.75) is 6.04 Å². The van der Waals surface area contributed by atoms with Crippen molar-refractivity contribution in [3.8, 4) is 6.07 Å². The van der Waals surface area contributed by atoms with Gasteiger partial charge in [0.15, 0.2) is 0 Å². The van der Waals surface area contributed by atoms with Crippen molar-refractivity contribution in [3.63, 3.8) is 0 Å². The lowest BCUT2D eigenvalue weighted by molar-refractivity contribution is 0.0611. The van der Waals surface area contributed by atoms with Crippen molar-refractivity contribution < 1.29 is 9.18 Å². The van der Waals surface area contributed by atoms with Crippen molar-refractivity contribution >= 4 is 17.2 Å². The highest BCUT2D eigenvalue weighted by Crippen LogP contribution is 2.23. The third-order valence-electron chi connectivity index (χ3n) is 4.01. The first-order chi connectivity index (χ1) is 11.2. The van der Waals surface area contributed by atoms with Gasteiger partial charge in [-0.2, -0.15) is 5.26 Å². The maximum atomic E-state index is 13.0. The van der Waals surface area contributed by atoms with Crippen LogP contribution in [0.3, 0.4) is 0 Å². The lowest BCUT2D eigenvalue weighted by Gasteiger charge is -2.36. The maximum Gasteiger partial charge on any atom is 0.264 e. The summed E-state index contributed by atoms with van der Waals surface area (Å²) in [5, 5.41) is 11.4. The lowest BCUT2D eigenvalue weighted by Crippen LogP contribution is -2.49. The van der Waals surface area contributed by atoms with E-state index in [4.69, 9.17) is 0 Å². The van der Waals surface area contributed by atoms with Crippen molar-refractivity contribution in [2.75, 3.05) is 26.2 Å². The van der Waals surface area contributed by atoms with E-state index in [1.807, 2.05) is 27.3 Å². The third kappa shape index (κ3) is 3.41. The molecule has 1 aromatic heterocycles. The molecule has 0 aliphatic carbocycles. The van der Waals surface area contributed by atoms with Gasteiger partial charge in [0, 0.05) is 26.2 Å². The predicted molar refractivity (Wildman–Crippen MR) is 86.5 cm³/mol. The molecular weight excluding hydrogens is 313 g/mol. The third-order valence-corrected chi connectivity index (χ3v) is 4.86. The van der Waals surface area contributed by atoms with E-state index in [-0.39, 0.29) is 11.7 Å². The smallest absolute Gasteiger partial charge is 0.264 e. The van der Waals surface area contributed by atoms with E-state index in [1.165, 1.54) is 23.5 Å². The van der Waals surface area contributed by atoms with E-state index in [1.54, 1.807) is 12.1 Å². The molecule has 1 atom stereocenters. The number of nitrogens with zero attached hydrogens (tertiary/aromatic N) is 3. The Bertz CT molecular complexity index is 700. The van der Waals surface area contributed by atoms with Gasteiger partial charge < -0.3 is 4.90 Å². The van der Waals surface area contributed by atoms with Gasteiger partial charge in [-0.25, -0.2) is 4.39 Å². The van der Waals surface area contributed by atoms with E-state index >= 15 is 0 Å². The Labute approximate surface area is 138 Å². The van der Waals surface area contributed by atoms with Gasteiger partial charge in [-0.3, -0.25) is 9.69 Å². The van der Waals surface area contributed by atoms with E-state index < -0.39 is 6.04 Å². The average Bonchev–Trinajstić information content (AvgIpc) is 3.12. The highest BCUT2D eigenvalue weighted by molar-refractivity contribution is 7.12. The van der Waals surface area contributed by atoms with Crippen molar-refractivity contribution in [2.24, 2.45) is 0 Å². The van der Waals surface area contributed by atoms with Crippen LogP contribution in [0.1, 0.15) is 21.3 Å².